The highest BCUT2D eigenvalue weighted by Crippen LogP contribution is 2.59. The van der Waals surface area contributed by atoms with Crippen molar-refractivity contribution in [2.45, 2.75) is 52.0 Å². The number of rotatable bonds is 6. The van der Waals surface area contributed by atoms with Crippen LogP contribution in [0.15, 0.2) is 18.3 Å². The van der Waals surface area contributed by atoms with E-state index in [1.165, 1.54) is 36.9 Å². The van der Waals surface area contributed by atoms with Crippen molar-refractivity contribution < 1.29 is 0 Å². The lowest BCUT2D eigenvalue weighted by molar-refractivity contribution is 0.401. The monoisotopic (exact) mass is 258 g/mol. The molecule has 2 saturated carbocycles. The molecule has 2 aliphatic carbocycles. The number of aryl methyl sites for hydroxylation is 1. The number of nitrogens with zero attached hydrogens (tertiary/aromatic N) is 1. The minimum Gasteiger partial charge on any atom is -0.313 e. The summed E-state index contributed by atoms with van der Waals surface area (Å²) in [4.78, 5) is 4.59. The second-order valence-electron chi connectivity index (χ2n) is 6.43. The Balaban J connectivity index is 1.64. The van der Waals surface area contributed by atoms with Crippen LogP contribution in [0, 0.1) is 24.7 Å². The molecule has 104 valence electrons. The number of nitrogens with one attached hydrogen (secondary N) is 1. The van der Waals surface area contributed by atoms with Crippen molar-refractivity contribution in [2.75, 3.05) is 6.54 Å². The van der Waals surface area contributed by atoms with Crippen LogP contribution in [-0.4, -0.2) is 17.6 Å². The molecule has 0 bridgehead atoms. The predicted molar refractivity (Wildman–Crippen MR) is 79.1 cm³/mol. The average Bonchev–Trinajstić information content (AvgIpc) is 2.90. The van der Waals surface area contributed by atoms with Gasteiger partial charge in [0.15, 0.2) is 0 Å². The Morgan fingerprint density at radius 3 is 2.74 bits per heavy atom. The maximum absolute atomic E-state index is 4.59. The van der Waals surface area contributed by atoms with E-state index in [-0.39, 0.29) is 0 Å². The summed E-state index contributed by atoms with van der Waals surface area (Å²) in [6, 6.07) is 5.05. The van der Waals surface area contributed by atoms with Crippen molar-refractivity contribution in [3.63, 3.8) is 0 Å². The summed E-state index contributed by atoms with van der Waals surface area (Å²) in [5, 5.41) is 3.78. The van der Waals surface area contributed by atoms with Gasteiger partial charge in [-0.05, 0) is 62.1 Å². The third-order valence-electron chi connectivity index (χ3n) is 5.00. The molecule has 0 radical (unpaired) electrons. The van der Waals surface area contributed by atoms with E-state index in [9.17, 15) is 0 Å². The highest BCUT2D eigenvalue weighted by atomic mass is 14.9. The Hall–Kier alpha value is -0.890. The summed E-state index contributed by atoms with van der Waals surface area (Å²) in [5.41, 5.74) is 2.51. The molecule has 0 amide bonds. The van der Waals surface area contributed by atoms with Crippen LogP contribution in [0.2, 0.25) is 0 Å². The van der Waals surface area contributed by atoms with Gasteiger partial charge in [-0.25, -0.2) is 0 Å². The highest BCUT2D eigenvalue weighted by molar-refractivity contribution is 5.15. The normalized spacial score (nSPS) is 30.1. The Kier molecular flexibility index (Phi) is 3.88. The summed E-state index contributed by atoms with van der Waals surface area (Å²) in [6.07, 6.45) is 8.74. The first-order chi connectivity index (χ1) is 9.29. The quantitative estimate of drug-likeness (QED) is 0.846. The van der Waals surface area contributed by atoms with Gasteiger partial charge in [0.05, 0.1) is 0 Å². The summed E-state index contributed by atoms with van der Waals surface area (Å²) < 4.78 is 0. The van der Waals surface area contributed by atoms with Crippen LogP contribution < -0.4 is 5.32 Å². The highest BCUT2D eigenvalue weighted by Gasteiger charge is 2.55. The molecule has 1 aromatic rings. The third kappa shape index (κ3) is 2.84. The fraction of sp³-hybridized carbons (Fsp3) is 0.706. The molecule has 0 spiro atoms. The second kappa shape index (κ2) is 5.62. The Morgan fingerprint density at radius 2 is 2.11 bits per heavy atom. The van der Waals surface area contributed by atoms with E-state index in [1.54, 1.807) is 0 Å². The van der Waals surface area contributed by atoms with Gasteiger partial charge < -0.3 is 5.32 Å². The van der Waals surface area contributed by atoms with Gasteiger partial charge in [-0.15, -0.1) is 0 Å². The molecule has 1 N–H and O–H groups in total. The lowest BCUT2D eigenvalue weighted by atomic mass is 9.99. The van der Waals surface area contributed by atoms with Gasteiger partial charge in [0, 0.05) is 24.4 Å². The van der Waals surface area contributed by atoms with Crippen LogP contribution in [0.5, 0.6) is 0 Å². The van der Waals surface area contributed by atoms with Crippen LogP contribution in [0.3, 0.4) is 0 Å². The van der Waals surface area contributed by atoms with Crippen LogP contribution in [0.25, 0.3) is 0 Å². The van der Waals surface area contributed by atoms with Gasteiger partial charge in [-0.3, -0.25) is 4.98 Å². The summed E-state index contributed by atoms with van der Waals surface area (Å²) in [5.74, 6) is 2.99. The molecule has 3 rings (SSSR count). The fourth-order valence-corrected chi connectivity index (χ4v) is 3.99. The van der Waals surface area contributed by atoms with E-state index in [4.69, 9.17) is 0 Å². The van der Waals surface area contributed by atoms with Crippen LogP contribution >= 0.6 is 0 Å². The maximum atomic E-state index is 4.59. The van der Waals surface area contributed by atoms with Gasteiger partial charge in [-0.1, -0.05) is 19.4 Å². The molecule has 0 aromatic carbocycles. The topological polar surface area (TPSA) is 24.9 Å². The molecule has 2 heteroatoms. The summed E-state index contributed by atoms with van der Waals surface area (Å²) in [6.45, 7) is 5.50. The maximum Gasteiger partial charge on any atom is 0.0419 e. The van der Waals surface area contributed by atoms with Gasteiger partial charge in [0.25, 0.3) is 0 Å². The zero-order valence-electron chi connectivity index (χ0n) is 12.2. The molecule has 2 aliphatic rings. The van der Waals surface area contributed by atoms with Crippen molar-refractivity contribution >= 4 is 0 Å². The molecule has 0 aliphatic heterocycles. The number of aromatic nitrogens is 1. The van der Waals surface area contributed by atoms with Crippen molar-refractivity contribution in [3.05, 3.63) is 29.6 Å². The van der Waals surface area contributed by atoms with E-state index in [0.717, 1.165) is 30.7 Å². The lowest BCUT2D eigenvalue weighted by Gasteiger charge is -2.20. The fourth-order valence-electron chi connectivity index (χ4n) is 3.99. The average molecular weight is 258 g/mol. The molecule has 1 aromatic heterocycles. The first-order valence-electron chi connectivity index (χ1n) is 7.94. The van der Waals surface area contributed by atoms with Crippen LogP contribution in [0.4, 0.5) is 0 Å². The molecule has 3 unspecified atom stereocenters. The molecular formula is C17H26N2. The van der Waals surface area contributed by atoms with Gasteiger partial charge in [-0.2, -0.15) is 0 Å². The van der Waals surface area contributed by atoms with Crippen molar-refractivity contribution in [1.29, 1.82) is 0 Å². The number of hydrogen-bond donors (Lipinski definition) is 1. The molecule has 2 fully saturated rings. The molecule has 0 saturated heterocycles. The van der Waals surface area contributed by atoms with Crippen LogP contribution in [-0.2, 0) is 6.42 Å². The minimum atomic E-state index is 0.658. The number of fused-ring (bicyclic) bond motifs is 1. The van der Waals surface area contributed by atoms with E-state index >= 15 is 0 Å². The van der Waals surface area contributed by atoms with E-state index < -0.39 is 0 Å². The Bertz CT molecular complexity index is 402. The Labute approximate surface area is 117 Å². The summed E-state index contributed by atoms with van der Waals surface area (Å²) in [7, 11) is 0. The van der Waals surface area contributed by atoms with Crippen LogP contribution in [0.1, 0.15) is 43.9 Å². The van der Waals surface area contributed by atoms with Crippen molar-refractivity contribution in [3.8, 4) is 0 Å². The standard InChI is InChI=1S/C17H26N2/c1-3-9-18-16(17-14-5-4-6-15(14)17)10-13-8-7-12(2)11-19-13/h7-8,11,14-18H,3-6,9-10H2,1-2H3. The molecule has 1 heterocycles. The van der Waals surface area contributed by atoms with Gasteiger partial charge in [0.2, 0.25) is 0 Å². The first-order valence-corrected chi connectivity index (χ1v) is 7.94. The smallest absolute Gasteiger partial charge is 0.0419 e. The molecule has 2 nitrogen and oxygen atoms in total. The van der Waals surface area contributed by atoms with E-state index in [2.05, 4.69) is 36.3 Å². The SMILES string of the molecule is CCCNC(Cc1ccc(C)cn1)C1C2CCCC21. The van der Waals surface area contributed by atoms with E-state index in [0.29, 0.717) is 6.04 Å². The molecule has 3 atom stereocenters. The zero-order chi connectivity index (χ0) is 13.2. The second-order valence-corrected chi connectivity index (χ2v) is 6.43. The zero-order valence-corrected chi connectivity index (χ0v) is 12.2. The van der Waals surface area contributed by atoms with Gasteiger partial charge >= 0.3 is 0 Å². The largest absolute Gasteiger partial charge is 0.313 e. The van der Waals surface area contributed by atoms with Crippen molar-refractivity contribution in [1.82, 2.24) is 10.3 Å². The first kappa shape index (κ1) is 13.1. The minimum absolute atomic E-state index is 0.658. The number of pyridine rings is 1. The van der Waals surface area contributed by atoms with E-state index in [1.807, 2.05) is 6.20 Å². The predicted octanol–water partition coefficient (Wildman–Crippen LogP) is 3.35. The van der Waals surface area contributed by atoms with Gasteiger partial charge in [0.1, 0.15) is 0 Å². The number of hydrogen-bond acceptors (Lipinski definition) is 2. The Morgan fingerprint density at radius 1 is 1.32 bits per heavy atom. The molecule has 19 heavy (non-hydrogen) atoms. The summed E-state index contributed by atoms with van der Waals surface area (Å²) >= 11 is 0. The van der Waals surface area contributed by atoms with Crippen molar-refractivity contribution in [2.24, 2.45) is 17.8 Å². The third-order valence-corrected chi connectivity index (χ3v) is 5.00. The molecular weight excluding hydrogens is 232 g/mol. The lowest BCUT2D eigenvalue weighted by Crippen LogP contribution is -2.35.